The molecule has 3 aliphatic rings. The molecule has 0 aromatic heterocycles. The van der Waals surface area contributed by atoms with E-state index in [0.29, 0.717) is 31.1 Å². The maximum Gasteiger partial charge on any atom is 0.246 e. The van der Waals surface area contributed by atoms with Crippen LogP contribution in [-0.4, -0.2) is 59.4 Å². The molecule has 5 heteroatoms. The third-order valence-corrected chi connectivity index (χ3v) is 5.47. The number of rotatable bonds is 4. The van der Waals surface area contributed by atoms with Crippen molar-refractivity contribution in [2.24, 2.45) is 0 Å². The van der Waals surface area contributed by atoms with Crippen molar-refractivity contribution in [3.63, 3.8) is 0 Å². The molecule has 1 N–H and O–H groups in total. The summed E-state index contributed by atoms with van der Waals surface area (Å²) < 4.78 is 0. The predicted molar refractivity (Wildman–Crippen MR) is 80.8 cm³/mol. The van der Waals surface area contributed by atoms with Crippen LogP contribution in [0.5, 0.6) is 0 Å². The van der Waals surface area contributed by atoms with Crippen molar-refractivity contribution in [1.29, 1.82) is 0 Å². The Bertz CT molecular complexity index is 412. The van der Waals surface area contributed by atoms with E-state index in [9.17, 15) is 9.59 Å². The Morgan fingerprint density at radius 2 is 1.86 bits per heavy atom. The molecule has 21 heavy (non-hydrogen) atoms. The molecule has 0 aromatic rings. The zero-order valence-corrected chi connectivity index (χ0v) is 13.2. The molecular formula is C16H27N3O2. The van der Waals surface area contributed by atoms with Gasteiger partial charge in [0.15, 0.2) is 0 Å². The molecule has 0 radical (unpaired) electrons. The SMILES string of the molecule is CCCN1C(=O)CC(NC2CC3CCCC(C2)N3C)C1=O. The summed E-state index contributed by atoms with van der Waals surface area (Å²) in [6, 6.07) is 1.40. The van der Waals surface area contributed by atoms with E-state index in [1.807, 2.05) is 6.92 Å². The molecule has 0 spiro atoms. The van der Waals surface area contributed by atoms with Crippen LogP contribution in [0.3, 0.4) is 0 Å². The van der Waals surface area contributed by atoms with E-state index in [4.69, 9.17) is 0 Å². The molecule has 3 unspecified atom stereocenters. The van der Waals surface area contributed by atoms with Gasteiger partial charge in [0.25, 0.3) is 0 Å². The Morgan fingerprint density at radius 3 is 2.48 bits per heavy atom. The lowest BCUT2D eigenvalue weighted by molar-refractivity contribution is -0.138. The van der Waals surface area contributed by atoms with Gasteiger partial charge in [-0.05, 0) is 39.2 Å². The number of likely N-dealkylation sites (tertiary alicyclic amines) is 1. The van der Waals surface area contributed by atoms with Crippen LogP contribution in [0.25, 0.3) is 0 Å². The summed E-state index contributed by atoms with van der Waals surface area (Å²) in [6.07, 6.45) is 7.27. The van der Waals surface area contributed by atoms with Gasteiger partial charge in [0.05, 0.1) is 12.5 Å². The number of carbonyl (C=O) groups is 2. The minimum absolute atomic E-state index is 0.00697. The molecule has 3 aliphatic heterocycles. The second-order valence-electron chi connectivity index (χ2n) is 6.88. The Labute approximate surface area is 127 Å². The standard InChI is InChI=1S/C16H27N3O2/c1-3-7-19-15(20)10-14(16(19)21)17-11-8-12-5-4-6-13(9-11)18(12)2/h11-14,17H,3-10H2,1-2H3. The lowest BCUT2D eigenvalue weighted by Crippen LogP contribution is -2.56. The van der Waals surface area contributed by atoms with Crippen LogP contribution in [0, 0.1) is 0 Å². The topological polar surface area (TPSA) is 52.7 Å². The van der Waals surface area contributed by atoms with E-state index in [1.54, 1.807) is 0 Å². The number of nitrogens with zero attached hydrogens (tertiary/aromatic N) is 2. The van der Waals surface area contributed by atoms with E-state index in [2.05, 4.69) is 17.3 Å². The number of piperidine rings is 2. The number of hydrogen-bond acceptors (Lipinski definition) is 4. The van der Waals surface area contributed by atoms with E-state index >= 15 is 0 Å². The molecule has 0 saturated carbocycles. The van der Waals surface area contributed by atoms with E-state index in [1.165, 1.54) is 24.2 Å². The van der Waals surface area contributed by atoms with Crippen molar-refractivity contribution < 1.29 is 9.59 Å². The number of hydrogen-bond donors (Lipinski definition) is 1. The quantitative estimate of drug-likeness (QED) is 0.790. The van der Waals surface area contributed by atoms with Crippen molar-refractivity contribution in [2.75, 3.05) is 13.6 Å². The summed E-state index contributed by atoms with van der Waals surface area (Å²) in [5.41, 5.74) is 0. The van der Waals surface area contributed by atoms with E-state index in [0.717, 1.165) is 19.3 Å². The third-order valence-electron chi connectivity index (χ3n) is 5.47. The molecule has 5 nitrogen and oxygen atoms in total. The second-order valence-corrected chi connectivity index (χ2v) is 6.88. The Morgan fingerprint density at radius 1 is 1.19 bits per heavy atom. The van der Waals surface area contributed by atoms with Gasteiger partial charge in [-0.1, -0.05) is 13.3 Å². The zero-order chi connectivity index (χ0) is 15.0. The number of nitrogens with one attached hydrogen (secondary N) is 1. The van der Waals surface area contributed by atoms with Gasteiger partial charge in [0.1, 0.15) is 0 Å². The summed E-state index contributed by atoms with van der Waals surface area (Å²) in [7, 11) is 2.23. The molecule has 3 rings (SSSR count). The summed E-state index contributed by atoms with van der Waals surface area (Å²) in [5, 5.41) is 3.50. The zero-order valence-electron chi connectivity index (χ0n) is 13.2. The molecule has 3 saturated heterocycles. The lowest BCUT2D eigenvalue weighted by Gasteiger charge is -2.47. The van der Waals surface area contributed by atoms with Crippen LogP contribution in [0.15, 0.2) is 0 Å². The molecule has 3 fully saturated rings. The summed E-state index contributed by atoms with van der Waals surface area (Å²) in [4.78, 5) is 28.2. The van der Waals surface area contributed by atoms with Crippen molar-refractivity contribution in [2.45, 2.75) is 76.0 Å². The van der Waals surface area contributed by atoms with Crippen LogP contribution in [0.1, 0.15) is 51.9 Å². The number of amides is 2. The largest absolute Gasteiger partial charge is 0.303 e. The summed E-state index contributed by atoms with van der Waals surface area (Å²) >= 11 is 0. The molecule has 0 aromatic carbocycles. The fourth-order valence-electron chi connectivity index (χ4n) is 4.31. The first kappa shape index (κ1) is 15.0. The Balaban J connectivity index is 1.60. The van der Waals surface area contributed by atoms with Gasteiger partial charge in [-0.25, -0.2) is 0 Å². The highest BCUT2D eigenvalue weighted by atomic mass is 16.2. The number of fused-ring (bicyclic) bond motifs is 2. The highest BCUT2D eigenvalue weighted by molar-refractivity contribution is 6.05. The lowest BCUT2D eigenvalue weighted by atomic mass is 9.82. The molecule has 118 valence electrons. The first-order valence-electron chi connectivity index (χ1n) is 8.42. The smallest absolute Gasteiger partial charge is 0.246 e. The number of carbonyl (C=O) groups excluding carboxylic acids is 2. The molecule has 3 heterocycles. The van der Waals surface area contributed by atoms with Gasteiger partial charge in [0.2, 0.25) is 11.8 Å². The van der Waals surface area contributed by atoms with Gasteiger partial charge in [0, 0.05) is 24.7 Å². The highest BCUT2D eigenvalue weighted by Crippen LogP contribution is 2.33. The molecule has 2 bridgehead atoms. The van der Waals surface area contributed by atoms with Crippen LogP contribution in [0.2, 0.25) is 0 Å². The van der Waals surface area contributed by atoms with Crippen LogP contribution >= 0.6 is 0 Å². The van der Waals surface area contributed by atoms with Gasteiger partial charge in [-0.15, -0.1) is 0 Å². The highest BCUT2D eigenvalue weighted by Gasteiger charge is 2.42. The van der Waals surface area contributed by atoms with Crippen LogP contribution in [-0.2, 0) is 9.59 Å². The molecule has 3 atom stereocenters. The van der Waals surface area contributed by atoms with Gasteiger partial charge < -0.3 is 10.2 Å². The normalized spacial score (nSPS) is 37.3. The second kappa shape index (κ2) is 6.05. The van der Waals surface area contributed by atoms with Crippen LogP contribution in [0.4, 0.5) is 0 Å². The Hall–Kier alpha value is -0.940. The first-order valence-corrected chi connectivity index (χ1v) is 8.42. The van der Waals surface area contributed by atoms with Crippen molar-refractivity contribution in [3.05, 3.63) is 0 Å². The van der Waals surface area contributed by atoms with Crippen molar-refractivity contribution >= 4 is 11.8 Å². The first-order chi connectivity index (χ1) is 10.1. The Kier molecular flexibility index (Phi) is 4.31. The average molecular weight is 293 g/mol. The maximum atomic E-state index is 12.3. The molecule has 2 amide bonds. The summed E-state index contributed by atoms with van der Waals surface area (Å²) in [6.45, 7) is 2.56. The van der Waals surface area contributed by atoms with Crippen LogP contribution < -0.4 is 5.32 Å². The third kappa shape index (κ3) is 2.86. The minimum atomic E-state index is -0.279. The molecular weight excluding hydrogens is 266 g/mol. The van der Waals surface area contributed by atoms with Gasteiger partial charge in [-0.3, -0.25) is 14.5 Å². The fourth-order valence-corrected chi connectivity index (χ4v) is 4.31. The average Bonchev–Trinajstić information content (AvgIpc) is 2.68. The maximum absolute atomic E-state index is 12.3. The predicted octanol–water partition coefficient (Wildman–Crippen LogP) is 1.13. The van der Waals surface area contributed by atoms with Crippen molar-refractivity contribution in [1.82, 2.24) is 15.1 Å². The fraction of sp³-hybridized carbons (Fsp3) is 0.875. The van der Waals surface area contributed by atoms with Gasteiger partial charge >= 0.3 is 0 Å². The number of imide groups is 1. The summed E-state index contributed by atoms with van der Waals surface area (Å²) in [5.74, 6) is -0.0154. The molecule has 0 aliphatic carbocycles. The van der Waals surface area contributed by atoms with Gasteiger partial charge in [-0.2, -0.15) is 0 Å². The monoisotopic (exact) mass is 293 g/mol. The van der Waals surface area contributed by atoms with Crippen molar-refractivity contribution in [3.8, 4) is 0 Å². The van der Waals surface area contributed by atoms with E-state index < -0.39 is 0 Å². The minimum Gasteiger partial charge on any atom is -0.303 e. The van der Waals surface area contributed by atoms with E-state index in [-0.39, 0.29) is 17.9 Å².